The molecule has 0 bridgehead atoms. The van der Waals surface area contributed by atoms with E-state index in [1.165, 1.54) is 48.9 Å². The number of likely N-dealkylation sites (tertiary alicyclic amines) is 1. The minimum atomic E-state index is -4.55. The zero-order valence-electron chi connectivity index (χ0n) is 32.7. The van der Waals surface area contributed by atoms with Crippen molar-refractivity contribution in [2.75, 3.05) is 38.2 Å². The fourth-order valence-electron chi connectivity index (χ4n) is 9.14. The number of amides is 1. The first-order chi connectivity index (χ1) is 28.7. The van der Waals surface area contributed by atoms with Crippen LogP contribution in [-0.2, 0) is 19.5 Å². The van der Waals surface area contributed by atoms with Gasteiger partial charge in [-0.25, -0.2) is 18.1 Å². The Morgan fingerprint density at radius 3 is 2.54 bits per heavy atom. The van der Waals surface area contributed by atoms with E-state index in [9.17, 15) is 23.3 Å². The van der Waals surface area contributed by atoms with Crippen LogP contribution in [0.1, 0.15) is 96.3 Å². The summed E-state index contributed by atoms with van der Waals surface area (Å²) in [5.74, 6) is 0.571. The molecule has 308 valence electrons. The number of pyridine rings is 1. The molecule has 5 aromatic rings. The Balaban J connectivity index is 0.932. The number of sulfonamides is 1. The maximum absolute atomic E-state index is 13.9. The van der Waals surface area contributed by atoms with E-state index in [0.29, 0.717) is 49.2 Å². The Labute approximate surface area is 342 Å². The Morgan fingerprint density at radius 1 is 0.949 bits per heavy atom. The van der Waals surface area contributed by atoms with Crippen molar-refractivity contribution >= 4 is 38.3 Å². The van der Waals surface area contributed by atoms with Crippen LogP contribution in [0.2, 0.25) is 0 Å². The van der Waals surface area contributed by atoms with Gasteiger partial charge in [0.2, 0.25) is 0 Å². The average molecular weight is 821 g/mol. The van der Waals surface area contributed by atoms with Gasteiger partial charge in [0, 0.05) is 36.3 Å². The van der Waals surface area contributed by atoms with Gasteiger partial charge in [-0.3, -0.25) is 19.8 Å². The van der Waals surface area contributed by atoms with Crippen molar-refractivity contribution in [1.82, 2.24) is 19.6 Å². The van der Waals surface area contributed by atoms with Crippen LogP contribution in [0.25, 0.3) is 11.0 Å². The fourth-order valence-corrected chi connectivity index (χ4v) is 10.1. The summed E-state index contributed by atoms with van der Waals surface area (Å²) in [7, 11) is -4.55. The van der Waals surface area contributed by atoms with E-state index >= 15 is 0 Å². The highest BCUT2D eigenvalue weighted by atomic mass is 32.2. The van der Waals surface area contributed by atoms with Crippen molar-refractivity contribution in [2.24, 2.45) is 0 Å². The van der Waals surface area contributed by atoms with Crippen LogP contribution in [0.4, 0.5) is 11.4 Å². The number of aromatic amines is 1. The summed E-state index contributed by atoms with van der Waals surface area (Å²) >= 11 is 0. The molecular formula is C44H48N6O8S. The first-order valence-corrected chi connectivity index (χ1v) is 22.1. The van der Waals surface area contributed by atoms with E-state index in [2.05, 4.69) is 49.2 Å². The monoisotopic (exact) mass is 820 g/mol. The molecule has 2 saturated heterocycles. The molecule has 2 aliphatic heterocycles. The molecule has 4 heterocycles. The molecule has 3 aromatic carbocycles. The third-order valence-electron chi connectivity index (χ3n) is 12.3. The summed E-state index contributed by atoms with van der Waals surface area (Å²) in [5, 5.41) is 15.8. The number of nitrogens with one attached hydrogen (secondary N) is 3. The Kier molecular flexibility index (Phi) is 11.1. The maximum Gasteiger partial charge on any atom is 0.293 e. The van der Waals surface area contributed by atoms with Gasteiger partial charge in [0.15, 0.2) is 0 Å². The van der Waals surface area contributed by atoms with Crippen molar-refractivity contribution in [3.63, 3.8) is 0 Å². The smallest absolute Gasteiger partial charge is 0.293 e. The van der Waals surface area contributed by atoms with Crippen LogP contribution in [0.5, 0.6) is 11.5 Å². The second-order valence-corrected chi connectivity index (χ2v) is 17.8. The number of aromatic nitrogens is 2. The van der Waals surface area contributed by atoms with Crippen LogP contribution < -0.4 is 14.8 Å². The van der Waals surface area contributed by atoms with E-state index in [1.807, 2.05) is 18.2 Å². The number of rotatable bonds is 13. The minimum absolute atomic E-state index is 0.00287. The van der Waals surface area contributed by atoms with Gasteiger partial charge in [0.1, 0.15) is 22.8 Å². The number of anilines is 1. The molecule has 0 radical (unpaired) electrons. The Hall–Kier alpha value is -5.35. The highest BCUT2D eigenvalue weighted by Gasteiger charge is 2.37. The molecule has 4 fully saturated rings. The van der Waals surface area contributed by atoms with Crippen molar-refractivity contribution < 1.29 is 32.3 Å². The zero-order chi connectivity index (χ0) is 40.5. The summed E-state index contributed by atoms with van der Waals surface area (Å²) in [6.45, 7) is 2.56. The van der Waals surface area contributed by atoms with E-state index in [-0.39, 0.29) is 35.6 Å². The Morgan fingerprint density at radius 2 is 1.76 bits per heavy atom. The Bertz CT molecular complexity index is 2460. The van der Waals surface area contributed by atoms with Crippen LogP contribution in [0.15, 0.2) is 90.1 Å². The lowest BCUT2D eigenvalue weighted by Crippen LogP contribution is -2.37. The van der Waals surface area contributed by atoms with E-state index in [1.54, 1.807) is 24.5 Å². The zero-order valence-corrected chi connectivity index (χ0v) is 33.5. The van der Waals surface area contributed by atoms with Gasteiger partial charge in [0.25, 0.3) is 21.6 Å². The number of carbonyl (C=O) groups excluding carboxylic acids is 1. The first-order valence-electron chi connectivity index (χ1n) is 20.6. The lowest BCUT2D eigenvalue weighted by molar-refractivity contribution is -0.384. The molecule has 3 N–H and O–H groups in total. The predicted molar refractivity (Wildman–Crippen MR) is 222 cm³/mol. The van der Waals surface area contributed by atoms with E-state index < -0.39 is 31.4 Å². The molecule has 2 aromatic heterocycles. The molecule has 2 aliphatic carbocycles. The molecule has 2 atom stereocenters. The number of hydrogen-bond donors (Lipinski definition) is 3. The summed E-state index contributed by atoms with van der Waals surface area (Å²) in [6, 6.07) is 22.4. The van der Waals surface area contributed by atoms with Crippen LogP contribution >= 0.6 is 0 Å². The number of carbonyl (C=O) groups is 1. The number of nitro groups is 1. The molecule has 0 spiro atoms. The normalized spacial score (nSPS) is 22.6. The molecule has 15 heteroatoms. The summed E-state index contributed by atoms with van der Waals surface area (Å²) in [5.41, 5.74) is 4.39. The summed E-state index contributed by atoms with van der Waals surface area (Å²) in [4.78, 5) is 35.1. The number of hydrogen-bond acceptors (Lipinski definition) is 11. The molecule has 2 saturated carbocycles. The minimum Gasteiger partial charge on any atom is -0.455 e. The average Bonchev–Trinajstić information content (AvgIpc) is 3.79. The number of nitrogens with zero attached hydrogens (tertiary/aromatic N) is 3. The number of ether oxygens (including phenoxy) is 3. The van der Waals surface area contributed by atoms with Crippen molar-refractivity contribution in [2.45, 2.75) is 86.3 Å². The molecule has 1 amide bonds. The lowest BCUT2D eigenvalue weighted by Gasteiger charge is -2.39. The van der Waals surface area contributed by atoms with E-state index in [0.717, 1.165) is 49.2 Å². The van der Waals surface area contributed by atoms with Crippen LogP contribution in [-0.4, -0.2) is 79.2 Å². The molecule has 9 rings (SSSR count). The summed E-state index contributed by atoms with van der Waals surface area (Å²) in [6.07, 6.45) is 12.0. The van der Waals surface area contributed by atoms with Gasteiger partial charge < -0.3 is 24.5 Å². The largest absolute Gasteiger partial charge is 0.455 e. The second-order valence-electron chi connectivity index (χ2n) is 16.1. The SMILES string of the molecule is O=C(NS(=O)(=O)c1ccc(NC[C@@H]2COCCO2)c([N+](=O)[O-])c1)c1ccc(C2CCC(N3CCCC3c3ccccc3C3CC3)CC2)cc1Oc1cnc2[nH]ccc2c1. The quantitative estimate of drug-likeness (QED) is 0.0776. The van der Waals surface area contributed by atoms with Gasteiger partial charge in [-0.05, 0) is 123 Å². The number of nitro benzene ring substituents is 1. The molecule has 59 heavy (non-hydrogen) atoms. The first kappa shape index (κ1) is 39.1. The maximum atomic E-state index is 13.9. The van der Waals surface area contributed by atoms with Gasteiger partial charge in [-0.15, -0.1) is 0 Å². The highest BCUT2D eigenvalue weighted by molar-refractivity contribution is 7.90. The van der Waals surface area contributed by atoms with Gasteiger partial charge in [0.05, 0.1) is 47.5 Å². The van der Waals surface area contributed by atoms with E-state index in [4.69, 9.17) is 14.2 Å². The van der Waals surface area contributed by atoms with Crippen molar-refractivity contribution in [3.8, 4) is 11.5 Å². The standard InChI is InChI=1S/C44H48N6O8S/c51-44(48-59(54,55)35-14-16-39(41(24-35)50(52)53)46-26-34-27-56-20-21-57-34)38-15-11-30(23-42(38)58-33-22-31-17-18-45-43(31)47-25-33)28-9-12-32(13-10-28)49-19-3-6-40(49)37-5-2-1-4-36(37)29-7-8-29/h1-2,4-5,11,14-18,22-25,28-29,32,34,40,46H,3,6-10,12-13,19-21,26-27H2,(H,45,47)(H,48,51)/t28?,32?,34-,40?/m1/s1. The number of fused-ring (bicyclic) bond motifs is 1. The molecule has 1 unspecified atom stereocenters. The van der Waals surface area contributed by atoms with Crippen LogP contribution in [0, 0.1) is 10.1 Å². The lowest BCUT2D eigenvalue weighted by atomic mass is 9.80. The topological polar surface area (TPSA) is 178 Å². The number of H-pyrrole nitrogens is 1. The van der Waals surface area contributed by atoms with Crippen molar-refractivity contribution in [1.29, 1.82) is 0 Å². The van der Waals surface area contributed by atoms with Crippen LogP contribution in [0.3, 0.4) is 0 Å². The number of benzene rings is 3. The molecule has 14 nitrogen and oxygen atoms in total. The molecular weight excluding hydrogens is 773 g/mol. The second kappa shape index (κ2) is 16.7. The van der Waals surface area contributed by atoms with Crippen molar-refractivity contribution in [3.05, 3.63) is 118 Å². The predicted octanol–water partition coefficient (Wildman–Crippen LogP) is 7.95. The van der Waals surface area contributed by atoms with Gasteiger partial charge >= 0.3 is 0 Å². The fraction of sp³-hybridized carbons (Fsp3) is 0.409. The third-order valence-corrected chi connectivity index (χ3v) is 13.6. The highest BCUT2D eigenvalue weighted by Crippen LogP contribution is 2.48. The summed E-state index contributed by atoms with van der Waals surface area (Å²) < 4.78 is 46.8. The third kappa shape index (κ3) is 8.56. The van der Waals surface area contributed by atoms with Gasteiger partial charge in [-0.1, -0.05) is 30.3 Å². The van der Waals surface area contributed by atoms with Gasteiger partial charge in [-0.2, -0.15) is 0 Å². The molecule has 4 aliphatic rings.